The number of aliphatic imine (C=N–C) groups is 4. The molecule has 6 fully saturated rings. The molecule has 10 aromatic carbocycles. The molecule has 6 atom stereocenters. The maximum absolute atomic E-state index is 14.1. The number of aryl methyl sites for hydroxylation is 1. The predicted octanol–water partition coefficient (Wildman–Crippen LogP) is 18.7. The number of nitrogens with two attached hydrogens (primary N) is 4. The van der Waals surface area contributed by atoms with E-state index in [1.807, 2.05) is 238 Å². The average molecular weight is 2020 g/mol. The lowest BCUT2D eigenvalue weighted by atomic mass is 9.73. The highest BCUT2D eigenvalue weighted by molar-refractivity contribution is 9.10. The lowest BCUT2D eigenvalue weighted by Gasteiger charge is -2.37. The van der Waals surface area contributed by atoms with Crippen molar-refractivity contribution < 1.29 is 37.1 Å². The Morgan fingerprint density at radius 1 is 0.497 bits per heavy atom. The van der Waals surface area contributed by atoms with E-state index in [1.165, 1.54) is 66.1 Å². The zero-order valence-electron chi connectivity index (χ0n) is 81.8. The number of amides is 5. The second kappa shape index (κ2) is 43.9. The van der Waals surface area contributed by atoms with Crippen molar-refractivity contribution in [2.45, 2.75) is 193 Å². The summed E-state index contributed by atoms with van der Waals surface area (Å²) in [6.45, 7) is 5.39. The summed E-state index contributed by atoms with van der Waals surface area (Å²) >= 11 is 9.59. The number of hydrogen-bond donors (Lipinski definition) is 6. The van der Waals surface area contributed by atoms with Gasteiger partial charge in [-0.15, -0.1) is 0 Å². The molecule has 1 aromatic heterocycles. The first-order valence-corrected chi connectivity index (χ1v) is 52.5. The molecule has 4 saturated carbocycles. The third-order valence-electron chi connectivity index (χ3n) is 29.7. The van der Waals surface area contributed by atoms with E-state index in [2.05, 4.69) is 61.6 Å². The van der Waals surface area contributed by atoms with Crippen molar-refractivity contribution >= 4 is 96.8 Å². The first-order chi connectivity index (χ1) is 69.1. The Labute approximate surface area is 852 Å². The van der Waals surface area contributed by atoms with Crippen molar-refractivity contribution in [1.29, 1.82) is 5.41 Å². The van der Waals surface area contributed by atoms with E-state index in [1.54, 1.807) is 83.5 Å². The van der Waals surface area contributed by atoms with E-state index < -0.39 is 37.6 Å². The van der Waals surface area contributed by atoms with Crippen LogP contribution in [0.5, 0.6) is 5.75 Å². The number of benzene rings is 10. The number of methoxy groups -OCH3 is 1. The number of sulfonamides is 1. The van der Waals surface area contributed by atoms with E-state index in [4.69, 9.17) is 59.7 Å². The number of hydrogen-bond acceptors (Lipinski definition) is 19. The number of nitrogens with one attached hydrogen (secondary N) is 2. The highest BCUT2D eigenvalue weighted by Gasteiger charge is 2.61. The molecule has 7 heterocycles. The van der Waals surface area contributed by atoms with E-state index in [-0.39, 0.29) is 70.0 Å². The molecular formula is C115H127BrClN17O8S. The summed E-state index contributed by atoms with van der Waals surface area (Å²) in [5, 5.41) is 13.4. The van der Waals surface area contributed by atoms with Gasteiger partial charge in [-0.1, -0.05) is 290 Å². The minimum Gasteiger partial charge on any atom is -0.496 e. The normalized spacial score (nSPS) is 22.6. The van der Waals surface area contributed by atoms with Gasteiger partial charge in [-0.2, -0.15) is 4.31 Å². The average Bonchev–Trinajstić information content (AvgIpc) is 1.55. The highest BCUT2D eigenvalue weighted by atomic mass is 79.9. The zero-order valence-corrected chi connectivity index (χ0v) is 84.9. The summed E-state index contributed by atoms with van der Waals surface area (Å²) in [4.78, 5) is 98.3. The molecule has 10 aliphatic rings. The van der Waals surface area contributed by atoms with Crippen LogP contribution in [0.2, 0.25) is 5.02 Å². The van der Waals surface area contributed by atoms with Gasteiger partial charge in [0.15, 0.2) is 40.5 Å². The molecule has 0 radical (unpaired) electrons. The monoisotopic (exact) mass is 2020 g/mol. The Kier molecular flexibility index (Phi) is 31.0. The van der Waals surface area contributed by atoms with E-state index in [0.29, 0.717) is 73.5 Å². The van der Waals surface area contributed by atoms with Gasteiger partial charge in [-0.05, 0) is 237 Å². The number of amidine groups is 1. The van der Waals surface area contributed by atoms with Crippen LogP contribution in [0.1, 0.15) is 174 Å². The van der Waals surface area contributed by atoms with Gasteiger partial charge in [0, 0.05) is 85.7 Å². The number of ether oxygens (including phenoxy) is 1. The standard InChI is InChI=1S/C28H24N4O2.C28H29N3O3S.C25H38N4O.C21H22ClN3O.C13H14BrN3O/c1-34-25-15-16-30-18-24(25)21-10-8-9-20(17-21)19-32-26(33)28(31-27(32)29,22-11-4-2-5-12-22)23-13-6-3-7-14-23;29-26-19-28(23-12-4-1-5-13-23,24-14-6-2-7-15-24)27(32)31(26)21-22-11-10-18-30(20-22)35(33,34)25-16-8-3-9-17-25;1-29-23(30)25(28-24(29)26,16-15-19-9-4-2-5-10-19)18-20-11-8-14-22(17-20)27-21-12-6-3-7-13-21;1-13(2)25-19(26)21(16-9-10-16,24-20(25)23)17-7-3-5-14(11-17)15-6-4-8-18(22)12-15;1-17-11(18)13(8-5-6-8,16-12(17)15)9-3-2-4-10(14)7-9/h2-18H,19H2,1H3,(H2,29,31);1-9,12-17,22,29H,10-11,18-21H2;2,4-5,9-10,20-22,27H,3,6-8,11-18H2,1H3,(H2,26,28);3-8,11-13,16H,9-10H2,1-2H3,(H2,23,24);2-4,7-8H,5-6H2,1H3,(H2,15,16)/t;22-;20-,22-,25+;;/m.00../s1. The number of pyridine rings is 1. The minimum absolute atomic E-state index is 0.00394. The molecule has 25 nitrogen and oxygen atoms in total. The lowest BCUT2D eigenvalue weighted by molar-refractivity contribution is -0.133. The summed E-state index contributed by atoms with van der Waals surface area (Å²) in [6.07, 6.45) is 23.4. The first-order valence-electron chi connectivity index (χ1n) is 49.9. The number of nitrogens with zero attached hydrogens (tertiary/aromatic N) is 11. The van der Waals surface area contributed by atoms with Gasteiger partial charge in [0.05, 0.1) is 18.6 Å². The van der Waals surface area contributed by atoms with Gasteiger partial charge in [-0.25, -0.2) is 28.4 Å². The summed E-state index contributed by atoms with van der Waals surface area (Å²) in [5.41, 5.74) is 31.2. The fourth-order valence-corrected chi connectivity index (χ4v) is 24.3. The number of likely N-dealkylation sites (N-methyl/N-ethyl adjacent to an activating group) is 2. The maximum atomic E-state index is 14.1. The number of aromatic nitrogens is 1. The molecule has 740 valence electrons. The van der Waals surface area contributed by atoms with Crippen LogP contribution in [0.25, 0.3) is 22.3 Å². The van der Waals surface area contributed by atoms with Crippen molar-refractivity contribution in [2.75, 3.05) is 40.8 Å². The number of likely N-dealkylation sites (tertiary alicyclic amines) is 1. The summed E-state index contributed by atoms with van der Waals surface area (Å²) < 4.78 is 34.3. The minimum atomic E-state index is -3.59. The number of guanidine groups is 4. The van der Waals surface area contributed by atoms with E-state index >= 15 is 0 Å². The third-order valence-corrected chi connectivity index (χ3v) is 32.3. The first kappa shape index (κ1) is 101. The van der Waals surface area contributed by atoms with Crippen LogP contribution in [0, 0.1) is 29.1 Å². The van der Waals surface area contributed by atoms with Gasteiger partial charge in [0.25, 0.3) is 23.6 Å². The number of halogens is 2. The summed E-state index contributed by atoms with van der Waals surface area (Å²) in [7, 11) is 1.49. The van der Waals surface area contributed by atoms with Crippen molar-refractivity contribution in [3.05, 3.63) is 352 Å². The number of carbonyl (C=O) groups excluding carboxylic acids is 5. The van der Waals surface area contributed by atoms with Crippen LogP contribution in [-0.4, -0.2) is 166 Å². The van der Waals surface area contributed by atoms with Gasteiger partial charge in [0.2, 0.25) is 15.9 Å². The molecule has 2 saturated heterocycles. The SMILES string of the molecule is CC(C)N1C(=O)C(c2cccc(-c3cccc(Cl)c3)c2)(C2CC2)N=C1N.CN1C(=O)C(c2cccc(Br)c2)(C2CC2)N=C1N.CN1C(=O)[C@@](CCc2ccccc2)(C[C@H]2CCC[C@H](NC3CCCCC3)C2)N=C1N.COc1ccncc1-c1cccc(CN2C(=O)C(c3ccccc3)(c3ccccc3)N=C2N)c1.N=C1CC(c2ccccc2)(c2ccccc2)C(=O)N1C[C@H]1CCCN(S(=O)(=O)c2ccccc2)C1. The summed E-state index contributed by atoms with van der Waals surface area (Å²) in [6, 6.07) is 92.0. The fourth-order valence-electron chi connectivity index (χ4n) is 22.2. The molecular weight excluding hydrogens is 1890 g/mol. The second-order valence-corrected chi connectivity index (χ2v) is 42.8. The fraction of sp³-hybridized carbons (Fsp3) is 0.348. The quantitative estimate of drug-likeness (QED) is 0.0310. The molecule has 0 bridgehead atoms. The molecule has 143 heavy (non-hydrogen) atoms. The van der Waals surface area contributed by atoms with Crippen molar-refractivity contribution in [3.8, 4) is 28.0 Å². The molecule has 2 unspecified atom stereocenters. The van der Waals surface area contributed by atoms with Crippen LogP contribution in [-0.2, 0) is 69.0 Å². The summed E-state index contributed by atoms with van der Waals surface area (Å²) in [5.74, 6) is 3.00. The molecule has 0 spiro atoms. The van der Waals surface area contributed by atoms with Gasteiger partial charge in [0.1, 0.15) is 22.5 Å². The van der Waals surface area contributed by atoms with Gasteiger partial charge in [-0.3, -0.25) is 58.9 Å². The smallest absolute Gasteiger partial charge is 0.266 e. The molecule has 4 aliphatic carbocycles. The molecule has 10 N–H and O–H groups in total. The molecule has 6 aliphatic heterocycles. The van der Waals surface area contributed by atoms with Gasteiger partial charge >= 0.3 is 0 Å². The largest absolute Gasteiger partial charge is 0.496 e. The van der Waals surface area contributed by atoms with Crippen molar-refractivity contribution in [1.82, 2.24) is 39.1 Å². The van der Waals surface area contributed by atoms with Gasteiger partial charge < -0.3 is 33.0 Å². The Bertz CT molecular complexity index is 6600. The second-order valence-electron chi connectivity index (χ2n) is 39.5. The van der Waals surface area contributed by atoms with E-state index in [9.17, 15) is 32.4 Å². The Morgan fingerprint density at radius 2 is 1.02 bits per heavy atom. The Morgan fingerprint density at radius 3 is 1.59 bits per heavy atom. The third kappa shape index (κ3) is 21.3. The topological polar surface area (TPSA) is 350 Å². The van der Waals surface area contributed by atoms with Crippen molar-refractivity contribution in [3.63, 3.8) is 0 Å². The lowest BCUT2D eigenvalue weighted by Crippen LogP contribution is -2.47. The number of piperidine rings is 1. The van der Waals surface area contributed by atoms with E-state index in [0.717, 1.165) is 136 Å². The number of rotatable bonds is 25. The van der Waals surface area contributed by atoms with Crippen LogP contribution < -0.4 is 33.0 Å². The molecule has 21 rings (SSSR count). The van der Waals surface area contributed by atoms with Crippen LogP contribution in [0.3, 0.4) is 0 Å². The van der Waals surface area contributed by atoms with Crippen LogP contribution in [0.4, 0.5) is 0 Å². The van der Waals surface area contributed by atoms with Crippen LogP contribution in [0.15, 0.2) is 327 Å². The van der Waals surface area contributed by atoms with Crippen LogP contribution >= 0.6 is 27.5 Å². The molecule has 5 amide bonds. The zero-order chi connectivity index (χ0) is 100. The Hall–Kier alpha value is -13.3. The maximum Gasteiger partial charge on any atom is 0.266 e. The van der Waals surface area contributed by atoms with Crippen molar-refractivity contribution in [2.24, 2.45) is 66.6 Å². The highest BCUT2D eigenvalue weighted by Crippen LogP contribution is 2.55. The Balaban J connectivity index is 0.000000125. The molecule has 11 aromatic rings. The molecule has 28 heteroatoms. The predicted molar refractivity (Wildman–Crippen MR) is 568 cm³/mol. The number of carbonyl (C=O) groups is 5.